The van der Waals surface area contributed by atoms with Crippen molar-refractivity contribution in [2.24, 2.45) is 0 Å². The van der Waals surface area contributed by atoms with Crippen LogP contribution in [0.5, 0.6) is 0 Å². The maximum absolute atomic E-state index is 5.63. The molecular weight excluding hydrogens is 404 g/mol. The number of hydrogen-bond acceptors (Lipinski definition) is 1. The Labute approximate surface area is 168 Å². The van der Waals surface area contributed by atoms with Gasteiger partial charge in [-0.15, -0.1) is 0 Å². The number of benzene rings is 3. The molecule has 0 aliphatic rings. The van der Waals surface area contributed by atoms with Gasteiger partial charge in [0.2, 0.25) is 0 Å². The number of anilines is 1. The van der Waals surface area contributed by atoms with Gasteiger partial charge in [0.15, 0.2) is 5.11 Å². The molecule has 0 saturated carbocycles. The van der Waals surface area contributed by atoms with E-state index in [1.807, 2.05) is 36.4 Å². The summed E-state index contributed by atoms with van der Waals surface area (Å²) in [7, 11) is 0. The number of rotatable bonds is 4. The van der Waals surface area contributed by atoms with Gasteiger partial charge in [-0.05, 0) is 60.5 Å². The van der Waals surface area contributed by atoms with Crippen molar-refractivity contribution in [2.75, 3.05) is 5.32 Å². The van der Waals surface area contributed by atoms with Gasteiger partial charge in [0.05, 0.1) is 6.04 Å². The Morgan fingerprint density at radius 1 is 0.846 bits per heavy atom. The van der Waals surface area contributed by atoms with Crippen LogP contribution in [0, 0.1) is 13.8 Å². The van der Waals surface area contributed by atoms with Gasteiger partial charge in [0.1, 0.15) is 0 Å². The van der Waals surface area contributed by atoms with Crippen LogP contribution in [0.15, 0.2) is 77.3 Å². The van der Waals surface area contributed by atoms with Crippen LogP contribution in [0.4, 0.5) is 5.69 Å². The van der Waals surface area contributed by atoms with Crippen molar-refractivity contribution < 1.29 is 0 Å². The Morgan fingerprint density at radius 3 is 1.77 bits per heavy atom. The summed E-state index contributed by atoms with van der Waals surface area (Å²) in [4.78, 5) is 0. The highest BCUT2D eigenvalue weighted by Crippen LogP contribution is 2.26. The summed E-state index contributed by atoms with van der Waals surface area (Å²) in [5.74, 6) is 0. The Kier molecular flexibility index (Phi) is 6.07. The molecule has 132 valence electrons. The lowest BCUT2D eigenvalue weighted by Crippen LogP contribution is -2.33. The summed E-state index contributed by atoms with van der Waals surface area (Å²) >= 11 is 9.17. The van der Waals surface area contributed by atoms with Crippen LogP contribution in [0.25, 0.3) is 0 Å². The number of thiocarbonyl (C=S) groups is 1. The van der Waals surface area contributed by atoms with Crippen molar-refractivity contribution in [1.29, 1.82) is 0 Å². The topological polar surface area (TPSA) is 24.1 Å². The van der Waals surface area contributed by atoms with Gasteiger partial charge in [-0.2, -0.15) is 0 Å². The maximum atomic E-state index is 5.63. The smallest absolute Gasteiger partial charge is 0.171 e. The first-order chi connectivity index (χ1) is 12.5. The van der Waals surface area contributed by atoms with E-state index in [9.17, 15) is 0 Å². The SMILES string of the molecule is Cc1cc(Br)cc(C)c1NC(=S)NC(c1ccccc1)c1ccccc1. The zero-order valence-corrected chi connectivity index (χ0v) is 17.2. The van der Waals surface area contributed by atoms with E-state index in [1.54, 1.807) is 0 Å². The lowest BCUT2D eigenvalue weighted by atomic mass is 9.99. The van der Waals surface area contributed by atoms with E-state index < -0.39 is 0 Å². The second kappa shape index (κ2) is 8.47. The molecule has 0 heterocycles. The van der Waals surface area contributed by atoms with Gasteiger partial charge < -0.3 is 10.6 Å². The number of hydrogen-bond donors (Lipinski definition) is 2. The largest absolute Gasteiger partial charge is 0.352 e. The van der Waals surface area contributed by atoms with Crippen LogP contribution < -0.4 is 10.6 Å². The Morgan fingerprint density at radius 2 is 1.31 bits per heavy atom. The molecule has 0 radical (unpaired) electrons. The highest BCUT2D eigenvalue weighted by Gasteiger charge is 2.15. The molecule has 0 atom stereocenters. The van der Waals surface area contributed by atoms with Crippen LogP contribution >= 0.6 is 28.1 Å². The van der Waals surface area contributed by atoms with Crippen LogP contribution in [-0.2, 0) is 0 Å². The van der Waals surface area contributed by atoms with Crippen molar-refractivity contribution in [2.45, 2.75) is 19.9 Å². The minimum atomic E-state index is -0.00605. The van der Waals surface area contributed by atoms with Crippen LogP contribution in [0.3, 0.4) is 0 Å². The quantitative estimate of drug-likeness (QED) is 0.491. The van der Waals surface area contributed by atoms with Crippen molar-refractivity contribution >= 4 is 38.9 Å². The zero-order valence-electron chi connectivity index (χ0n) is 14.8. The molecule has 2 nitrogen and oxygen atoms in total. The summed E-state index contributed by atoms with van der Waals surface area (Å²) in [5.41, 5.74) is 5.69. The van der Waals surface area contributed by atoms with E-state index in [0.29, 0.717) is 5.11 Å². The first-order valence-corrected chi connectivity index (χ1v) is 9.69. The first-order valence-electron chi connectivity index (χ1n) is 8.49. The predicted molar refractivity (Wildman–Crippen MR) is 118 cm³/mol. The molecule has 0 bridgehead atoms. The van der Waals surface area contributed by atoms with Gasteiger partial charge in [0.25, 0.3) is 0 Å². The number of nitrogens with one attached hydrogen (secondary N) is 2. The fraction of sp³-hybridized carbons (Fsp3) is 0.136. The van der Waals surface area contributed by atoms with Crippen molar-refractivity contribution in [3.63, 3.8) is 0 Å². The van der Waals surface area contributed by atoms with Crippen molar-refractivity contribution in [1.82, 2.24) is 5.32 Å². The molecule has 3 aromatic rings. The minimum absolute atomic E-state index is 0.00605. The third-order valence-corrected chi connectivity index (χ3v) is 4.95. The van der Waals surface area contributed by atoms with Crippen molar-refractivity contribution in [3.8, 4) is 0 Å². The summed E-state index contributed by atoms with van der Waals surface area (Å²) in [6.07, 6.45) is 0. The second-order valence-electron chi connectivity index (χ2n) is 6.27. The Balaban J connectivity index is 1.85. The summed E-state index contributed by atoms with van der Waals surface area (Å²) in [6, 6.07) is 24.9. The van der Waals surface area contributed by atoms with E-state index in [0.717, 1.165) is 21.3 Å². The van der Waals surface area contributed by atoms with Gasteiger partial charge in [-0.25, -0.2) is 0 Å². The molecular formula is C22H21BrN2S. The normalized spacial score (nSPS) is 10.6. The molecule has 0 unspecified atom stereocenters. The van der Waals surface area contributed by atoms with E-state index >= 15 is 0 Å². The molecule has 0 aromatic heterocycles. The van der Waals surface area contributed by atoms with E-state index in [2.05, 4.69) is 76.8 Å². The molecule has 0 spiro atoms. The fourth-order valence-corrected chi connectivity index (χ4v) is 3.95. The Hall–Kier alpha value is -2.17. The molecule has 26 heavy (non-hydrogen) atoms. The fourth-order valence-electron chi connectivity index (χ4n) is 3.04. The van der Waals surface area contributed by atoms with Gasteiger partial charge in [-0.3, -0.25) is 0 Å². The highest BCUT2D eigenvalue weighted by molar-refractivity contribution is 9.10. The van der Waals surface area contributed by atoms with Crippen LogP contribution in [-0.4, -0.2) is 5.11 Å². The van der Waals surface area contributed by atoms with E-state index in [4.69, 9.17) is 12.2 Å². The van der Waals surface area contributed by atoms with E-state index in [1.165, 1.54) is 11.1 Å². The molecule has 3 rings (SSSR count). The summed E-state index contributed by atoms with van der Waals surface area (Å²) in [6.45, 7) is 4.16. The standard InChI is InChI=1S/C22H21BrN2S/c1-15-13-19(23)14-16(2)20(15)24-22(26)25-21(17-9-5-3-6-10-17)18-11-7-4-8-12-18/h3-14,21H,1-2H3,(H2,24,25,26). The third kappa shape index (κ3) is 4.51. The summed E-state index contributed by atoms with van der Waals surface area (Å²) in [5, 5.41) is 7.46. The molecule has 0 aliphatic heterocycles. The minimum Gasteiger partial charge on any atom is -0.352 e. The lowest BCUT2D eigenvalue weighted by Gasteiger charge is -2.23. The maximum Gasteiger partial charge on any atom is 0.171 e. The second-order valence-corrected chi connectivity index (χ2v) is 7.59. The number of halogens is 1. The molecule has 0 saturated heterocycles. The Bertz CT molecular complexity index is 832. The van der Waals surface area contributed by atoms with E-state index in [-0.39, 0.29) is 6.04 Å². The molecule has 0 fully saturated rings. The average Bonchev–Trinajstić information content (AvgIpc) is 2.64. The van der Waals surface area contributed by atoms with Crippen molar-refractivity contribution in [3.05, 3.63) is 99.5 Å². The van der Waals surface area contributed by atoms with Gasteiger partial charge in [0, 0.05) is 10.2 Å². The zero-order chi connectivity index (χ0) is 18.5. The predicted octanol–water partition coefficient (Wildman–Crippen LogP) is 6.14. The number of aryl methyl sites for hydroxylation is 2. The molecule has 0 amide bonds. The lowest BCUT2D eigenvalue weighted by molar-refractivity contribution is 0.768. The van der Waals surface area contributed by atoms with Crippen LogP contribution in [0.2, 0.25) is 0 Å². The molecule has 3 aromatic carbocycles. The molecule has 4 heteroatoms. The van der Waals surface area contributed by atoms with Gasteiger partial charge in [-0.1, -0.05) is 76.6 Å². The molecule has 0 aliphatic carbocycles. The third-order valence-electron chi connectivity index (χ3n) is 4.28. The highest BCUT2D eigenvalue weighted by atomic mass is 79.9. The summed E-state index contributed by atoms with van der Waals surface area (Å²) < 4.78 is 1.07. The van der Waals surface area contributed by atoms with Gasteiger partial charge >= 0.3 is 0 Å². The first kappa shape index (κ1) is 18.6. The average molecular weight is 425 g/mol. The monoisotopic (exact) mass is 424 g/mol. The van der Waals surface area contributed by atoms with Crippen LogP contribution in [0.1, 0.15) is 28.3 Å². The molecule has 2 N–H and O–H groups in total.